The van der Waals surface area contributed by atoms with Gasteiger partial charge in [-0.05, 0) is 40.0 Å². The molecule has 1 aromatic heterocycles. The fraction of sp³-hybridized carbons (Fsp3) is 0.650. The van der Waals surface area contributed by atoms with Crippen LogP contribution in [-0.4, -0.2) is 32.3 Å². The van der Waals surface area contributed by atoms with Crippen LogP contribution < -0.4 is 5.32 Å². The average molecular weight is 386 g/mol. The molecule has 0 spiro atoms. The van der Waals surface area contributed by atoms with E-state index in [0.29, 0.717) is 11.3 Å². The summed E-state index contributed by atoms with van der Waals surface area (Å²) in [5.74, 6) is -0.333. The van der Waals surface area contributed by atoms with Crippen LogP contribution in [0, 0.1) is 0 Å². The van der Waals surface area contributed by atoms with Gasteiger partial charge >= 0.3 is 0 Å². The number of allylic oxidation sites excluding steroid dienone is 2. The maximum absolute atomic E-state index is 10.8. The van der Waals surface area contributed by atoms with Gasteiger partial charge in [0.15, 0.2) is 0 Å². The zero-order chi connectivity index (χ0) is 20.1. The highest BCUT2D eigenvalue weighted by Gasteiger charge is 2.26. The molecule has 4 nitrogen and oxygen atoms in total. The molecule has 1 saturated carbocycles. The highest BCUT2D eigenvalue weighted by Crippen LogP contribution is 2.36. The van der Waals surface area contributed by atoms with Crippen LogP contribution in [0.25, 0.3) is 0 Å². The van der Waals surface area contributed by atoms with Crippen LogP contribution in [0.5, 0.6) is 0 Å². The number of thioether (sulfide) groups is 1. The van der Waals surface area contributed by atoms with Gasteiger partial charge in [-0.2, -0.15) is 5.10 Å². The summed E-state index contributed by atoms with van der Waals surface area (Å²) in [6, 6.07) is 0.508. The Morgan fingerprint density at radius 3 is 2.54 bits per heavy atom. The van der Waals surface area contributed by atoms with Crippen molar-refractivity contribution in [2.24, 2.45) is 0 Å². The highest BCUT2D eigenvalue weighted by molar-refractivity contribution is 8.00. The summed E-state index contributed by atoms with van der Waals surface area (Å²) < 4.78 is 12.9. The molecule has 1 fully saturated rings. The molecule has 2 N–H and O–H groups in total. The lowest BCUT2D eigenvalue weighted by atomic mass is 10.2. The Balaban J connectivity index is 0.000000594. The van der Waals surface area contributed by atoms with Crippen molar-refractivity contribution >= 4 is 11.8 Å². The zero-order valence-electron chi connectivity index (χ0n) is 17.0. The number of halogens is 1. The third-order valence-corrected chi connectivity index (χ3v) is 4.98. The maximum Gasteiger partial charge on any atom is 0.0897 e. The van der Waals surface area contributed by atoms with Crippen molar-refractivity contribution in [3.05, 3.63) is 37.0 Å². The fourth-order valence-corrected chi connectivity index (χ4v) is 3.98. The molecule has 150 valence electrons. The van der Waals surface area contributed by atoms with Gasteiger partial charge in [0.05, 0.1) is 35.3 Å². The Bertz CT molecular complexity index is 529. The molecule has 0 aromatic carbocycles. The number of hydrogen-bond donors (Lipinski definition) is 2. The van der Waals surface area contributed by atoms with Crippen LogP contribution in [0.1, 0.15) is 59.6 Å². The third-order valence-electron chi connectivity index (χ3n) is 3.63. The topological polar surface area (TPSA) is 50.1 Å². The Labute approximate surface area is 163 Å². The predicted octanol–water partition coefficient (Wildman–Crippen LogP) is 5.09. The van der Waals surface area contributed by atoms with E-state index in [4.69, 9.17) is 0 Å². The minimum absolute atomic E-state index is 0.0861. The predicted molar refractivity (Wildman–Crippen MR) is 111 cm³/mol. The smallest absolute Gasteiger partial charge is 0.0897 e. The molecule has 1 aliphatic carbocycles. The van der Waals surface area contributed by atoms with Crippen LogP contribution in [0.15, 0.2) is 36.2 Å². The van der Waals surface area contributed by atoms with E-state index in [1.54, 1.807) is 6.08 Å². The van der Waals surface area contributed by atoms with E-state index in [2.05, 4.69) is 35.2 Å². The summed E-state index contributed by atoms with van der Waals surface area (Å²) in [7, 11) is 0. The van der Waals surface area contributed by atoms with E-state index in [0.717, 1.165) is 32.4 Å². The largest absolute Gasteiger partial charge is 0.393 e. The minimum atomic E-state index is -0.333. The summed E-state index contributed by atoms with van der Waals surface area (Å²) in [6.45, 7) is 17.5. The molecule has 1 aromatic rings. The van der Waals surface area contributed by atoms with Gasteiger partial charge in [-0.15, -0.1) is 18.3 Å². The molecular formula is C20H36FN3OS. The zero-order valence-corrected chi connectivity index (χ0v) is 17.8. The Hall–Kier alpha value is -1.11. The summed E-state index contributed by atoms with van der Waals surface area (Å²) >= 11 is 1.89. The van der Waals surface area contributed by atoms with E-state index >= 15 is 0 Å². The minimum Gasteiger partial charge on any atom is -0.393 e. The van der Waals surface area contributed by atoms with Crippen LogP contribution >= 0.6 is 11.8 Å². The van der Waals surface area contributed by atoms with E-state index < -0.39 is 0 Å². The Morgan fingerprint density at radius 1 is 1.46 bits per heavy atom. The summed E-state index contributed by atoms with van der Waals surface area (Å²) in [5, 5.41) is 18.1. The summed E-state index contributed by atoms with van der Waals surface area (Å²) in [4.78, 5) is 1.29. The molecule has 0 radical (unpaired) electrons. The second-order valence-electron chi connectivity index (χ2n) is 6.21. The first kappa shape index (κ1) is 24.9. The molecule has 2 aliphatic rings. The number of aliphatic hydroxyl groups is 1. The van der Waals surface area contributed by atoms with E-state index in [9.17, 15) is 9.50 Å². The second kappa shape index (κ2) is 14.0. The normalized spacial score (nSPS) is 23.1. The number of rotatable bonds is 2. The summed E-state index contributed by atoms with van der Waals surface area (Å²) in [6.07, 6.45) is 6.66. The van der Waals surface area contributed by atoms with Crippen molar-refractivity contribution in [3.63, 3.8) is 0 Å². The lowest BCUT2D eigenvalue weighted by Crippen LogP contribution is -2.36. The molecule has 2 heterocycles. The van der Waals surface area contributed by atoms with Gasteiger partial charge in [0.25, 0.3) is 0 Å². The van der Waals surface area contributed by atoms with Crippen LogP contribution in [-0.2, 0) is 13.1 Å². The lowest BCUT2D eigenvalue weighted by molar-refractivity contribution is 0.183. The molecule has 26 heavy (non-hydrogen) atoms. The molecular weight excluding hydrogens is 349 g/mol. The van der Waals surface area contributed by atoms with Crippen LogP contribution in [0.3, 0.4) is 0 Å². The summed E-state index contributed by atoms with van der Waals surface area (Å²) in [5.41, 5.74) is 1.31. The van der Waals surface area contributed by atoms with Crippen molar-refractivity contribution in [2.45, 2.75) is 89.3 Å². The van der Waals surface area contributed by atoms with Gasteiger partial charge in [-0.1, -0.05) is 26.5 Å². The lowest BCUT2D eigenvalue weighted by Gasteiger charge is -2.22. The molecule has 0 bridgehead atoms. The molecule has 1 aliphatic heterocycles. The van der Waals surface area contributed by atoms with E-state index in [1.165, 1.54) is 17.5 Å². The second-order valence-corrected chi connectivity index (χ2v) is 7.55. The quantitative estimate of drug-likeness (QED) is 0.696. The fourth-order valence-electron chi connectivity index (χ4n) is 2.63. The Morgan fingerprint density at radius 2 is 2.04 bits per heavy atom. The van der Waals surface area contributed by atoms with Gasteiger partial charge in [-0.25, -0.2) is 4.39 Å². The Kier molecular flexibility index (Phi) is 13.4. The van der Waals surface area contributed by atoms with E-state index in [-0.39, 0.29) is 11.9 Å². The van der Waals surface area contributed by atoms with Crippen molar-refractivity contribution in [1.82, 2.24) is 15.1 Å². The van der Waals surface area contributed by atoms with Gasteiger partial charge in [-0.3, -0.25) is 4.68 Å². The van der Waals surface area contributed by atoms with Gasteiger partial charge < -0.3 is 10.4 Å². The van der Waals surface area contributed by atoms with E-state index in [1.807, 2.05) is 38.7 Å². The van der Waals surface area contributed by atoms with Crippen LogP contribution in [0.2, 0.25) is 0 Å². The average Bonchev–Trinajstić information content (AvgIpc) is 3.16. The van der Waals surface area contributed by atoms with Crippen molar-refractivity contribution in [3.8, 4) is 0 Å². The number of nitrogens with zero attached hydrogens (tertiary/aromatic N) is 2. The van der Waals surface area contributed by atoms with Crippen molar-refractivity contribution in [2.75, 3.05) is 0 Å². The van der Waals surface area contributed by atoms with Gasteiger partial charge in [0.1, 0.15) is 0 Å². The first-order chi connectivity index (χ1) is 12.4. The van der Waals surface area contributed by atoms with Gasteiger partial charge in [0.2, 0.25) is 0 Å². The number of fused-ring (bicyclic) bond motifs is 1. The number of aliphatic hydroxyl groups excluding tert-OH is 1. The first-order valence-electron chi connectivity index (χ1n) is 9.38. The molecule has 0 amide bonds. The number of hydrogen-bond acceptors (Lipinski definition) is 4. The molecule has 0 saturated heterocycles. The third kappa shape index (κ3) is 9.55. The maximum atomic E-state index is 10.8. The highest BCUT2D eigenvalue weighted by atomic mass is 32.2. The van der Waals surface area contributed by atoms with Crippen molar-refractivity contribution in [1.29, 1.82) is 0 Å². The SMILES string of the molecule is C=C(C)F.C=CC.CC.C[C@H]1Cn2ncc(SC3CCC(O)C3)c2CN1. The van der Waals surface area contributed by atoms with Crippen LogP contribution in [0.4, 0.5) is 4.39 Å². The number of aromatic nitrogens is 2. The molecule has 3 atom stereocenters. The molecule has 3 rings (SSSR count). The molecule has 2 unspecified atom stereocenters. The molecule has 6 heteroatoms. The van der Waals surface area contributed by atoms with Crippen molar-refractivity contribution < 1.29 is 9.50 Å². The van der Waals surface area contributed by atoms with Gasteiger partial charge in [0, 0.05) is 17.8 Å². The monoisotopic (exact) mass is 385 g/mol. The first-order valence-corrected chi connectivity index (χ1v) is 10.3. The standard InChI is InChI=1S/C12H19N3OS.C3H5F.C3H6.C2H6/c1-8-7-15-11(5-13-8)12(6-14-15)17-10-3-2-9(16)4-10;1-3(2)4;1-3-2;1-2/h6,8-10,13,16H,2-5,7H2,1H3;1H2,2H3;3H,1H2,2H3;1-2H3/t8-,9?,10?;;;/m0.../s1. The number of nitrogens with one attached hydrogen (secondary N) is 1.